The second-order valence-corrected chi connectivity index (χ2v) is 10.5. The quantitative estimate of drug-likeness (QED) is 0.180. The molecule has 6 rings (SSSR count). The van der Waals surface area contributed by atoms with Crippen LogP contribution in [0.3, 0.4) is 0 Å². The van der Waals surface area contributed by atoms with Crippen molar-refractivity contribution >= 4 is 45.8 Å². The van der Waals surface area contributed by atoms with Gasteiger partial charge in [-0.05, 0) is 72.0 Å². The summed E-state index contributed by atoms with van der Waals surface area (Å²) in [6.07, 6.45) is -0.805. The zero-order valence-electron chi connectivity index (χ0n) is 21.4. The fraction of sp³-hybridized carbons (Fsp3) is 0.0645. The second-order valence-electron chi connectivity index (χ2n) is 9.22. The van der Waals surface area contributed by atoms with E-state index in [0.29, 0.717) is 28.5 Å². The van der Waals surface area contributed by atoms with E-state index in [9.17, 15) is 9.59 Å². The van der Waals surface area contributed by atoms with Crippen LogP contribution in [0.5, 0.6) is 0 Å². The minimum Gasteiger partial charge on any atom is -0.309 e. The van der Waals surface area contributed by atoms with Crippen LogP contribution in [-0.2, 0) is 0 Å². The van der Waals surface area contributed by atoms with Gasteiger partial charge in [0.1, 0.15) is 5.82 Å². The normalized spacial score (nSPS) is 13.8. The molecular weight excluding hydrogens is 615 g/mol. The minimum atomic E-state index is -0.805. The van der Waals surface area contributed by atoms with Crippen molar-refractivity contribution in [1.82, 2.24) is 20.1 Å². The Hall–Kier alpha value is -4.64. The summed E-state index contributed by atoms with van der Waals surface area (Å²) in [7, 11) is 0. The van der Waals surface area contributed by atoms with Gasteiger partial charge in [-0.1, -0.05) is 60.7 Å². The smallest absolute Gasteiger partial charge is 0.309 e. The summed E-state index contributed by atoms with van der Waals surface area (Å²) in [5, 5.41) is 14.5. The molecule has 40 heavy (non-hydrogen) atoms. The van der Waals surface area contributed by atoms with Crippen molar-refractivity contribution in [3.8, 4) is 5.69 Å². The molecule has 0 fully saturated rings. The molecule has 196 valence electrons. The molecule has 2 amide bonds. The van der Waals surface area contributed by atoms with Crippen molar-refractivity contribution in [2.75, 3.05) is 5.32 Å². The fourth-order valence-corrected chi connectivity index (χ4v) is 5.17. The van der Waals surface area contributed by atoms with Gasteiger partial charge in [0.25, 0.3) is 0 Å². The average molecular weight is 638 g/mol. The molecule has 0 saturated heterocycles. The maximum atomic E-state index is 13.2. The summed E-state index contributed by atoms with van der Waals surface area (Å²) >= 11 is 2.29. The third-order valence-corrected chi connectivity index (χ3v) is 7.23. The van der Waals surface area contributed by atoms with Crippen molar-refractivity contribution in [1.29, 1.82) is 0 Å². The second kappa shape index (κ2) is 10.9. The first-order valence-electron chi connectivity index (χ1n) is 12.6. The Morgan fingerprint density at radius 2 is 1.50 bits per heavy atom. The van der Waals surface area contributed by atoms with E-state index in [4.69, 9.17) is 4.99 Å². The number of halogens is 1. The number of aromatic nitrogens is 3. The summed E-state index contributed by atoms with van der Waals surface area (Å²) in [5.41, 5.74) is 5.17. The Kier molecular flexibility index (Phi) is 6.95. The number of aryl methyl sites for hydroxylation is 1. The monoisotopic (exact) mass is 638 g/mol. The third kappa shape index (κ3) is 5.03. The SMILES string of the molecule is Cc1nnc2n1-c1ccc(I)cc1C(c1ccccc1)=NC2NC(=O)Nc1ccc(C(=O)c2ccccc2)cc1. The Balaban J connectivity index is 1.30. The molecule has 0 saturated carbocycles. The molecule has 0 bridgehead atoms. The van der Waals surface area contributed by atoms with Crippen LogP contribution in [0.1, 0.15) is 44.9 Å². The summed E-state index contributed by atoms with van der Waals surface area (Å²) in [6, 6.07) is 31.4. The fourth-order valence-electron chi connectivity index (χ4n) is 4.68. The lowest BCUT2D eigenvalue weighted by Crippen LogP contribution is -2.33. The van der Waals surface area contributed by atoms with E-state index in [1.165, 1.54) is 0 Å². The number of aliphatic imine (C=N–C) groups is 1. The van der Waals surface area contributed by atoms with Gasteiger partial charge in [0.2, 0.25) is 0 Å². The maximum Gasteiger partial charge on any atom is 0.321 e. The number of hydrogen-bond acceptors (Lipinski definition) is 5. The number of carbonyl (C=O) groups excluding carboxylic acids is 2. The lowest BCUT2D eigenvalue weighted by molar-refractivity contribution is 0.103. The molecule has 2 N–H and O–H groups in total. The highest BCUT2D eigenvalue weighted by atomic mass is 127. The number of benzene rings is 4. The first kappa shape index (κ1) is 25.6. The van der Waals surface area contributed by atoms with E-state index in [0.717, 1.165) is 26.1 Å². The predicted molar refractivity (Wildman–Crippen MR) is 162 cm³/mol. The van der Waals surface area contributed by atoms with Crippen LogP contribution in [0.15, 0.2) is 108 Å². The molecule has 1 unspecified atom stereocenters. The molecular formula is C31H23IN6O2. The Bertz CT molecular complexity index is 1750. The van der Waals surface area contributed by atoms with Crippen molar-refractivity contribution in [2.24, 2.45) is 4.99 Å². The third-order valence-electron chi connectivity index (χ3n) is 6.56. The van der Waals surface area contributed by atoms with Crippen LogP contribution in [0.25, 0.3) is 5.69 Å². The van der Waals surface area contributed by atoms with Gasteiger partial charge in [-0.15, -0.1) is 10.2 Å². The number of urea groups is 1. The van der Waals surface area contributed by atoms with Gasteiger partial charge in [0, 0.05) is 31.5 Å². The van der Waals surface area contributed by atoms with Crippen molar-refractivity contribution in [3.63, 3.8) is 0 Å². The topological polar surface area (TPSA) is 101 Å². The summed E-state index contributed by atoms with van der Waals surface area (Å²) in [5.74, 6) is 1.11. The van der Waals surface area contributed by atoms with Gasteiger partial charge in [-0.25, -0.2) is 4.79 Å². The molecule has 8 nitrogen and oxygen atoms in total. The van der Waals surface area contributed by atoms with Crippen LogP contribution in [0, 0.1) is 10.5 Å². The largest absolute Gasteiger partial charge is 0.321 e. The first-order valence-corrected chi connectivity index (χ1v) is 13.7. The van der Waals surface area contributed by atoms with Crippen molar-refractivity contribution < 1.29 is 9.59 Å². The van der Waals surface area contributed by atoms with Crippen LogP contribution < -0.4 is 10.6 Å². The Morgan fingerprint density at radius 3 is 2.23 bits per heavy atom. The molecule has 0 aliphatic carbocycles. The van der Waals surface area contributed by atoms with Crippen molar-refractivity contribution in [2.45, 2.75) is 13.1 Å². The standard InChI is InChI=1S/C31H23IN6O2/c1-19-36-37-30-29(34-27(20-8-4-2-5-9-20)25-18-23(32)14-17-26(25)38(19)30)35-31(40)33-24-15-12-22(13-16-24)28(39)21-10-6-3-7-11-21/h2-18,29H,1H3,(H2,33,35,40). The number of fused-ring (bicyclic) bond motifs is 3. The minimum absolute atomic E-state index is 0.0817. The zero-order chi connectivity index (χ0) is 27.6. The number of ketones is 1. The molecule has 1 aliphatic rings. The lowest BCUT2D eigenvalue weighted by atomic mass is 10.0. The van der Waals surface area contributed by atoms with Gasteiger partial charge in [0.05, 0.1) is 11.4 Å². The van der Waals surface area contributed by atoms with Gasteiger partial charge in [0.15, 0.2) is 17.8 Å². The molecule has 0 radical (unpaired) electrons. The summed E-state index contributed by atoms with van der Waals surface area (Å²) in [6.45, 7) is 1.88. The highest BCUT2D eigenvalue weighted by Crippen LogP contribution is 2.31. The van der Waals surface area contributed by atoms with Crippen LogP contribution in [-0.4, -0.2) is 32.3 Å². The van der Waals surface area contributed by atoms with Crippen LogP contribution in [0.2, 0.25) is 0 Å². The lowest BCUT2D eigenvalue weighted by Gasteiger charge is -2.15. The van der Waals surface area contributed by atoms with Crippen molar-refractivity contribution in [3.05, 3.63) is 141 Å². The molecule has 2 heterocycles. The predicted octanol–water partition coefficient (Wildman–Crippen LogP) is 6.08. The van der Waals surface area contributed by atoms with E-state index in [-0.39, 0.29) is 5.78 Å². The van der Waals surface area contributed by atoms with Gasteiger partial charge in [-0.2, -0.15) is 0 Å². The van der Waals surface area contributed by atoms with E-state index in [1.807, 2.05) is 72.2 Å². The number of rotatable bonds is 5. The molecule has 1 aromatic heterocycles. The van der Waals surface area contributed by atoms with Gasteiger partial charge in [-0.3, -0.25) is 14.4 Å². The number of anilines is 1. The molecule has 1 aliphatic heterocycles. The Morgan fingerprint density at radius 1 is 0.825 bits per heavy atom. The number of carbonyl (C=O) groups is 2. The Labute approximate surface area is 244 Å². The summed E-state index contributed by atoms with van der Waals surface area (Å²) in [4.78, 5) is 30.9. The number of amides is 2. The van der Waals surface area contributed by atoms with E-state index in [2.05, 4.69) is 49.5 Å². The number of nitrogens with one attached hydrogen (secondary N) is 2. The number of nitrogens with zero attached hydrogens (tertiary/aromatic N) is 4. The van der Waals surface area contributed by atoms with Gasteiger partial charge < -0.3 is 10.6 Å². The highest BCUT2D eigenvalue weighted by molar-refractivity contribution is 14.1. The van der Waals surface area contributed by atoms with E-state index < -0.39 is 12.2 Å². The maximum absolute atomic E-state index is 13.2. The average Bonchev–Trinajstić information content (AvgIpc) is 3.31. The van der Waals surface area contributed by atoms with Crippen LogP contribution >= 0.6 is 22.6 Å². The molecule has 0 spiro atoms. The molecule has 9 heteroatoms. The first-order chi connectivity index (χ1) is 19.5. The van der Waals surface area contributed by atoms with E-state index in [1.54, 1.807) is 36.4 Å². The molecule has 5 aromatic rings. The zero-order valence-corrected chi connectivity index (χ0v) is 23.5. The molecule has 4 aromatic carbocycles. The van der Waals surface area contributed by atoms with E-state index >= 15 is 0 Å². The highest BCUT2D eigenvalue weighted by Gasteiger charge is 2.29. The van der Waals surface area contributed by atoms with Crippen LogP contribution in [0.4, 0.5) is 10.5 Å². The van der Waals surface area contributed by atoms with Gasteiger partial charge >= 0.3 is 6.03 Å². The number of hydrogen-bond donors (Lipinski definition) is 2. The summed E-state index contributed by atoms with van der Waals surface area (Å²) < 4.78 is 2.99. The molecule has 1 atom stereocenters.